The van der Waals surface area contributed by atoms with E-state index in [9.17, 15) is 9.59 Å². The van der Waals surface area contributed by atoms with Crippen molar-refractivity contribution in [3.63, 3.8) is 0 Å². The van der Waals surface area contributed by atoms with E-state index in [2.05, 4.69) is 10.6 Å². The molecule has 0 unspecified atom stereocenters. The smallest absolute Gasteiger partial charge is 0.251 e. The van der Waals surface area contributed by atoms with Crippen LogP contribution in [-0.4, -0.2) is 24.4 Å². The molecular weight excluding hydrogens is 326 g/mol. The summed E-state index contributed by atoms with van der Waals surface area (Å²) in [6.45, 7) is 2.64. The minimum absolute atomic E-state index is 0. The van der Waals surface area contributed by atoms with Gasteiger partial charge in [0.2, 0.25) is 5.91 Å². The van der Waals surface area contributed by atoms with Crippen LogP contribution in [0.25, 0.3) is 0 Å². The number of carbonyl (C=O) groups is 2. The molecule has 1 aromatic carbocycles. The SMILES string of the molecule is Cc1ccc(C(=O)NC2CC2)cc1NC(=O)CCCCCCN.Cl. The van der Waals surface area contributed by atoms with Gasteiger partial charge in [-0.3, -0.25) is 9.59 Å². The van der Waals surface area contributed by atoms with Crippen LogP contribution in [0.4, 0.5) is 5.69 Å². The van der Waals surface area contributed by atoms with E-state index in [1.54, 1.807) is 12.1 Å². The van der Waals surface area contributed by atoms with E-state index in [0.29, 0.717) is 24.6 Å². The van der Waals surface area contributed by atoms with Gasteiger partial charge in [-0.05, 0) is 56.8 Å². The van der Waals surface area contributed by atoms with Crippen molar-refractivity contribution in [3.8, 4) is 0 Å². The molecule has 1 aliphatic carbocycles. The Kier molecular flexibility index (Phi) is 8.79. The highest BCUT2D eigenvalue weighted by Gasteiger charge is 2.24. The van der Waals surface area contributed by atoms with Gasteiger partial charge >= 0.3 is 0 Å². The number of hydrogen-bond donors (Lipinski definition) is 3. The first-order valence-corrected chi connectivity index (χ1v) is 8.51. The van der Waals surface area contributed by atoms with Crippen LogP contribution < -0.4 is 16.4 Å². The minimum Gasteiger partial charge on any atom is -0.349 e. The molecule has 0 atom stereocenters. The number of nitrogens with two attached hydrogens (primary N) is 1. The first kappa shape index (κ1) is 20.5. The molecule has 1 aliphatic rings. The zero-order chi connectivity index (χ0) is 16.7. The van der Waals surface area contributed by atoms with Crippen molar-refractivity contribution in [2.45, 2.75) is 57.9 Å². The van der Waals surface area contributed by atoms with E-state index in [1.165, 1.54) is 0 Å². The maximum atomic E-state index is 12.1. The Morgan fingerprint density at radius 3 is 2.54 bits per heavy atom. The highest BCUT2D eigenvalue weighted by Crippen LogP contribution is 2.21. The second kappa shape index (κ2) is 10.3. The van der Waals surface area contributed by atoms with Crippen molar-refractivity contribution in [3.05, 3.63) is 29.3 Å². The zero-order valence-corrected chi connectivity index (χ0v) is 15.1. The fourth-order valence-electron chi connectivity index (χ4n) is 2.39. The molecule has 5 nitrogen and oxygen atoms in total. The lowest BCUT2D eigenvalue weighted by molar-refractivity contribution is -0.116. The van der Waals surface area contributed by atoms with Crippen LogP contribution in [0, 0.1) is 6.92 Å². The molecule has 0 radical (unpaired) electrons. The van der Waals surface area contributed by atoms with Gasteiger partial charge < -0.3 is 16.4 Å². The topological polar surface area (TPSA) is 84.2 Å². The van der Waals surface area contributed by atoms with Crippen LogP contribution in [0.15, 0.2) is 18.2 Å². The van der Waals surface area contributed by atoms with E-state index < -0.39 is 0 Å². The van der Waals surface area contributed by atoms with Crippen molar-refractivity contribution >= 4 is 29.9 Å². The summed E-state index contributed by atoms with van der Waals surface area (Å²) in [5.41, 5.74) is 7.73. The van der Waals surface area contributed by atoms with Gasteiger partial charge in [0.15, 0.2) is 0 Å². The fraction of sp³-hybridized carbons (Fsp3) is 0.556. The molecule has 0 aromatic heterocycles. The Hall–Kier alpha value is -1.59. The van der Waals surface area contributed by atoms with Gasteiger partial charge in [0, 0.05) is 23.7 Å². The summed E-state index contributed by atoms with van der Waals surface area (Å²) in [7, 11) is 0. The van der Waals surface area contributed by atoms with Crippen LogP contribution in [0.3, 0.4) is 0 Å². The molecule has 1 saturated carbocycles. The summed E-state index contributed by atoms with van der Waals surface area (Å²) in [5, 5.41) is 5.88. The summed E-state index contributed by atoms with van der Waals surface area (Å²) in [5.74, 6) is -0.0645. The van der Waals surface area contributed by atoms with Gasteiger partial charge in [0.25, 0.3) is 5.91 Å². The lowest BCUT2D eigenvalue weighted by Crippen LogP contribution is -2.25. The van der Waals surface area contributed by atoms with Crippen molar-refractivity contribution < 1.29 is 9.59 Å². The van der Waals surface area contributed by atoms with Gasteiger partial charge in [-0.1, -0.05) is 18.9 Å². The number of anilines is 1. The first-order chi connectivity index (χ1) is 11.1. The Morgan fingerprint density at radius 2 is 1.88 bits per heavy atom. The van der Waals surface area contributed by atoms with Gasteiger partial charge in [-0.2, -0.15) is 0 Å². The summed E-state index contributed by atoms with van der Waals surface area (Å²) in [4.78, 5) is 24.1. The quantitative estimate of drug-likeness (QED) is 0.596. The van der Waals surface area contributed by atoms with E-state index in [-0.39, 0.29) is 24.2 Å². The molecule has 134 valence electrons. The summed E-state index contributed by atoms with van der Waals surface area (Å²) >= 11 is 0. The molecule has 1 aromatic rings. The van der Waals surface area contributed by atoms with Gasteiger partial charge in [-0.15, -0.1) is 12.4 Å². The molecule has 6 heteroatoms. The average molecular weight is 354 g/mol. The summed E-state index contributed by atoms with van der Waals surface area (Å²) in [6.07, 6.45) is 6.60. The highest BCUT2D eigenvalue weighted by atomic mass is 35.5. The molecule has 24 heavy (non-hydrogen) atoms. The van der Waals surface area contributed by atoms with E-state index in [1.807, 2.05) is 13.0 Å². The predicted octanol–water partition coefficient (Wildman–Crippen LogP) is 3.16. The molecule has 0 bridgehead atoms. The lowest BCUT2D eigenvalue weighted by atomic mass is 10.1. The van der Waals surface area contributed by atoms with Gasteiger partial charge in [-0.25, -0.2) is 0 Å². The molecule has 0 spiro atoms. The number of nitrogens with one attached hydrogen (secondary N) is 2. The number of hydrogen-bond acceptors (Lipinski definition) is 3. The molecule has 2 rings (SSSR count). The largest absolute Gasteiger partial charge is 0.349 e. The zero-order valence-electron chi connectivity index (χ0n) is 14.3. The number of carbonyl (C=O) groups excluding carboxylic acids is 2. The maximum Gasteiger partial charge on any atom is 0.251 e. The minimum atomic E-state index is -0.0650. The predicted molar refractivity (Wildman–Crippen MR) is 99.7 cm³/mol. The normalized spacial score (nSPS) is 13.1. The third-order valence-corrected chi connectivity index (χ3v) is 4.04. The van der Waals surface area contributed by atoms with Crippen LogP contribution in [0.2, 0.25) is 0 Å². The number of unbranched alkanes of at least 4 members (excludes halogenated alkanes) is 3. The molecule has 2 amide bonds. The first-order valence-electron chi connectivity index (χ1n) is 8.51. The molecule has 0 aliphatic heterocycles. The molecule has 0 saturated heterocycles. The third-order valence-electron chi connectivity index (χ3n) is 4.04. The Bertz CT molecular complexity index is 559. The van der Waals surface area contributed by atoms with Crippen molar-refractivity contribution in [1.29, 1.82) is 0 Å². The molecule has 0 heterocycles. The van der Waals surface area contributed by atoms with Crippen LogP contribution in [0.1, 0.15) is 60.9 Å². The number of amides is 2. The van der Waals surface area contributed by atoms with Crippen molar-refractivity contribution in [2.75, 3.05) is 11.9 Å². The molecule has 1 fully saturated rings. The monoisotopic (exact) mass is 353 g/mol. The summed E-state index contributed by atoms with van der Waals surface area (Å²) < 4.78 is 0. The van der Waals surface area contributed by atoms with Crippen molar-refractivity contribution in [2.24, 2.45) is 5.73 Å². The number of rotatable bonds is 9. The average Bonchev–Trinajstić information content (AvgIpc) is 3.33. The number of aryl methyl sites for hydroxylation is 1. The Balaban J connectivity index is 0.00000288. The molecule has 4 N–H and O–H groups in total. The van der Waals surface area contributed by atoms with E-state index in [0.717, 1.165) is 49.8 Å². The van der Waals surface area contributed by atoms with Crippen LogP contribution in [0.5, 0.6) is 0 Å². The van der Waals surface area contributed by atoms with E-state index in [4.69, 9.17) is 5.73 Å². The Morgan fingerprint density at radius 1 is 1.17 bits per heavy atom. The fourth-order valence-corrected chi connectivity index (χ4v) is 2.39. The Labute approximate surface area is 150 Å². The molecular formula is C18H28ClN3O2. The number of benzene rings is 1. The third kappa shape index (κ3) is 6.89. The van der Waals surface area contributed by atoms with E-state index >= 15 is 0 Å². The summed E-state index contributed by atoms with van der Waals surface area (Å²) in [6, 6.07) is 5.77. The highest BCUT2D eigenvalue weighted by molar-refractivity contribution is 5.98. The van der Waals surface area contributed by atoms with Crippen molar-refractivity contribution in [1.82, 2.24) is 5.32 Å². The number of halogens is 1. The lowest BCUT2D eigenvalue weighted by Gasteiger charge is -2.11. The van der Waals surface area contributed by atoms with Crippen LogP contribution >= 0.6 is 12.4 Å². The standard InChI is InChI=1S/C18H27N3O2.ClH/c1-13-7-8-14(18(23)20-15-9-10-15)12-16(13)21-17(22)6-4-2-3-5-11-19;/h7-8,12,15H,2-6,9-11,19H2,1H3,(H,20,23)(H,21,22);1H. The van der Waals surface area contributed by atoms with Gasteiger partial charge in [0.1, 0.15) is 0 Å². The van der Waals surface area contributed by atoms with Gasteiger partial charge in [0.05, 0.1) is 0 Å². The second-order valence-electron chi connectivity index (χ2n) is 6.28. The van der Waals surface area contributed by atoms with Crippen LogP contribution in [-0.2, 0) is 4.79 Å². The second-order valence-corrected chi connectivity index (χ2v) is 6.28. The maximum absolute atomic E-state index is 12.1.